The van der Waals surface area contributed by atoms with Crippen molar-refractivity contribution in [3.8, 4) is 0 Å². The molecule has 0 radical (unpaired) electrons. The zero-order chi connectivity index (χ0) is 12.7. The highest BCUT2D eigenvalue weighted by Crippen LogP contribution is 2.16. The predicted molar refractivity (Wildman–Crippen MR) is 72.1 cm³/mol. The van der Waals surface area contributed by atoms with Gasteiger partial charge in [0.05, 0.1) is 6.54 Å². The molecule has 0 amide bonds. The SMILES string of the molecule is CCCCN(CC)Cc1cc(CNC)c(C)o1. The fourth-order valence-corrected chi connectivity index (χ4v) is 1.98. The van der Waals surface area contributed by atoms with Gasteiger partial charge in [-0.25, -0.2) is 0 Å². The van der Waals surface area contributed by atoms with Gasteiger partial charge in [-0.1, -0.05) is 20.3 Å². The topological polar surface area (TPSA) is 28.4 Å². The molecule has 0 saturated carbocycles. The van der Waals surface area contributed by atoms with E-state index in [0.29, 0.717) is 0 Å². The summed E-state index contributed by atoms with van der Waals surface area (Å²) in [4.78, 5) is 2.44. The molecule has 0 aliphatic rings. The Morgan fingerprint density at radius 1 is 1.35 bits per heavy atom. The van der Waals surface area contributed by atoms with E-state index in [1.165, 1.54) is 18.4 Å². The molecule has 1 aromatic rings. The van der Waals surface area contributed by atoms with E-state index in [2.05, 4.69) is 30.1 Å². The maximum absolute atomic E-state index is 5.80. The lowest BCUT2D eigenvalue weighted by Gasteiger charge is -2.18. The van der Waals surface area contributed by atoms with Crippen LogP contribution in [0.2, 0.25) is 0 Å². The van der Waals surface area contributed by atoms with E-state index < -0.39 is 0 Å². The third-order valence-corrected chi connectivity index (χ3v) is 3.09. The van der Waals surface area contributed by atoms with Crippen molar-refractivity contribution in [2.75, 3.05) is 20.1 Å². The van der Waals surface area contributed by atoms with Crippen molar-refractivity contribution in [3.05, 3.63) is 23.2 Å². The molecule has 0 bridgehead atoms. The van der Waals surface area contributed by atoms with Gasteiger partial charge in [-0.2, -0.15) is 0 Å². The molecule has 3 heteroatoms. The Hall–Kier alpha value is -0.800. The van der Waals surface area contributed by atoms with Crippen LogP contribution >= 0.6 is 0 Å². The number of aryl methyl sites for hydroxylation is 1. The second kappa shape index (κ2) is 7.51. The van der Waals surface area contributed by atoms with E-state index in [-0.39, 0.29) is 0 Å². The van der Waals surface area contributed by atoms with Gasteiger partial charge in [0.2, 0.25) is 0 Å². The van der Waals surface area contributed by atoms with Crippen LogP contribution in [0.3, 0.4) is 0 Å². The first kappa shape index (κ1) is 14.3. The first-order chi connectivity index (χ1) is 8.21. The van der Waals surface area contributed by atoms with Gasteiger partial charge in [-0.15, -0.1) is 0 Å². The summed E-state index contributed by atoms with van der Waals surface area (Å²) >= 11 is 0. The molecule has 0 spiro atoms. The van der Waals surface area contributed by atoms with Gasteiger partial charge in [0.25, 0.3) is 0 Å². The number of furan rings is 1. The summed E-state index contributed by atoms with van der Waals surface area (Å²) in [5.41, 5.74) is 1.27. The van der Waals surface area contributed by atoms with Crippen LogP contribution in [0.15, 0.2) is 10.5 Å². The van der Waals surface area contributed by atoms with Crippen molar-refractivity contribution in [1.29, 1.82) is 0 Å². The van der Waals surface area contributed by atoms with Crippen LogP contribution in [0, 0.1) is 6.92 Å². The summed E-state index contributed by atoms with van der Waals surface area (Å²) in [5.74, 6) is 2.13. The predicted octanol–water partition coefficient (Wildman–Crippen LogP) is 2.93. The van der Waals surface area contributed by atoms with E-state index in [1.54, 1.807) is 0 Å². The van der Waals surface area contributed by atoms with E-state index in [0.717, 1.165) is 37.7 Å². The summed E-state index contributed by atoms with van der Waals surface area (Å²) in [5, 5.41) is 3.17. The van der Waals surface area contributed by atoms with Crippen molar-refractivity contribution < 1.29 is 4.42 Å². The number of hydrogen-bond acceptors (Lipinski definition) is 3. The lowest BCUT2D eigenvalue weighted by Crippen LogP contribution is -2.23. The average Bonchev–Trinajstić information content (AvgIpc) is 2.66. The van der Waals surface area contributed by atoms with Gasteiger partial charge >= 0.3 is 0 Å². The number of nitrogens with one attached hydrogen (secondary N) is 1. The normalized spacial score (nSPS) is 11.4. The van der Waals surface area contributed by atoms with Gasteiger partial charge < -0.3 is 9.73 Å². The third kappa shape index (κ3) is 4.52. The third-order valence-electron chi connectivity index (χ3n) is 3.09. The molecule has 1 N–H and O–H groups in total. The summed E-state index contributed by atoms with van der Waals surface area (Å²) in [7, 11) is 1.96. The van der Waals surface area contributed by atoms with Gasteiger partial charge in [0.1, 0.15) is 11.5 Å². The molecule has 0 atom stereocenters. The van der Waals surface area contributed by atoms with Crippen LogP contribution in [0.5, 0.6) is 0 Å². The summed E-state index contributed by atoms with van der Waals surface area (Å²) in [6, 6.07) is 2.18. The van der Waals surface area contributed by atoms with Crippen LogP contribution in [-0.2, 0) is 13.1 Å². The fraction of sp³-hybridized carbons (Fsp3) is 0.714. The molecule has 1 rings (SSSR count). The van der Waals surface area contributed by atoms with E-state index >= 15 is 0 Å². The Morgan fingerprint density at radius 2 is 2.12 bits per heavy atom. The first-order valence-corrected chi connectivity index (χ1v) is 6.66. The minimum atomic E-state index is 0.885. The van der Waals surface area contributed by atoms with Gasteiger partial charge in [0, 0.05) is 12.1 Å². The van der Waals surface area contributed by atoms with Crippen LogP contribution in [-0.4, -0.2) is 25.0 Å². The van der Waals surface area contributed by atoms with E-state index in [9.17, 15) is 0 Å². The van der Waals surface area contributed by atoms with Crippen LogP contribution in [0.1, 0.15) is 43.8 Å². The fourth-order valence-electron chi connectivity index (χ4n) is 1.98. The molecule has 0 saturated heterocycles. The largest absolute Gasteiger partial charge is 0.465 e. The molecule has 17 heavy (non-hydrogen) atoms. The summed E-state index contributed by atoms with van der Waals surface area (Å²) in [6.07, 6.45) is 2.51. The molecule has 0 aliphatic carbocycles. The van der Waals surface area contributed by atoms with Crippen LogP contribution in [0.25, 0.3) is 0 Å². The van der Waals surface area contributed by atoms with Gasteiger partial charge in [-0.05, 0) is 39.5 Å². The number of unbranched alkanes of at least 4 members (excludes halogenated alkanes) is 1. The Labute approximate surface area is 105 Å². The van der Waals surface area contributed by atoms with E-state index in [4.69, 9.17) is 4.42 Å². The Balaban J connectivity index is 2.56. The van der Waals surface area contributed by atoms with Crippen molar-refractivity contribution in [2.24, 2.45) is 0 Å². The van der Waals surface area contributed by atoms with Gasteiger partial charge in [-0.3, -0.25) is 4.90 Å². The zero-order valence-electron chi connectivity index (χ0n) is 11.7. The molecular weight excluding hydrogens is 212 g/mol. The summed E-state index contributed by atoms with van der Waals surface area (Å²) < 4.78 is 5.80. The number of hydrogen-bond donors (Lipinski definition) is 1. The number of nitrogens with zero attached hydrogens (tertiary/aromatic N) is 1. The Bertz CT molecular complexity index is 320. The second-order valence-corrected chi connectivity index (χ2v) is 4.55. The second-order valence-electron chi connectivity index (χ2n) is 4.55. The minimum Gasteiger partial charge on any atom is -0.465 e. The maximum atomic E-state index is 5.80. The zero-order valence-corrected chi connectivity index (χ0v) is 11.7. The molecule has 0 aliphatic heterocycles. The molecule has 0 fully saturated rings. The summed E-state index contributed by atoms with van der Waals surface area (Å²) in [6.45, 7) is 10.5. The molecular formula is C14H26N2O. The smallest absolute Gasteiger partial charge is 0.118 e. The highest BCUT2D eigenvalue weighted by Gasteiger charge is 2.10. The molecule has 0 unspecified atom stereocenters. The Morgan fingerprint density at radius 3 is 2.71 bits per heavy atom. The molecule has 0 aromatic carbocycles. The van der Waals surface area contributed by atoms with Crippen LogP contribution in [0.4, 0.5) is 0 Å². The lowest BCUT2D eigenvalue weighted by molar-refractivity contribution is 0.250. The maximum Gasteiger partial charge on any atom is 0.118 e. The Kier molecular flexibility index (Phi) is 6.30. The van der Waals surface area contributed by atoms with Gasteiger partial charge in [0.15, 0.2) is 0 Å². The number of rotatable bonds is 8. The van der Waals surface area contributed by atoms with Crippen molar-refractivity contribution in [2.45, 2.75) is 46.7 Å². The monoisotopic (exact) mass is 238 g/mol. The van der Waals surface area contributed by atoms with Crippen molar-refractivity contribution in [1.82, 2.24) is 10.2 Å². The molecule has 1 aromatic heterocycles. The molecule has 98 valence electrons. The highest BCUT2D eigenvalue weighted by molar-refractivity contribution is 5.20. The lowest BCUT2D eigenvalue weighted by atomic mass is 10.2. The van der Waals surface area contributed by atoms with Crippen molar-refractivity contribution in [3.63, 3.8) is 0 Å². The first-order valence-electron chi connectivity index (χ1n) is 6.66. The molecule has 3 nitrogen and oxygen atoms in total. The quantitative estimate of drug-likeness (QED) is 0.755. The van der Waals surface area contributed by atoms with E-state index in [1.807, 2.05) is 14.0 Å². The minimum absolute atomic E-state index is 0.885. The highest BCUT2D eigenvalue weighted by atomic mass is 16.3. The van der Waals surface area contributed by atoms with Crippen LogP contribution < -0.4 is 5.32 Å². The average molecular weight is 238 g/mol. The molecule has 1 heterocycles. The van der Waals surface area contributed by atoms with Crippen molar-refractivity contribution >= 4 is 0 Å². The standard InChI is InChI=1S/C14H26N2O/c1-5-7-8-16(6-2)11-14-9-13(10-15-4)12(3)17-14/h9,15H,5-8,10-11H2,1-4H3.